The number of fused-ring (bicyclic) bond motifs is 1. The van der Waals surface area contributed by atoms with E-state index in [9.17, 15) is 14.7 Å². The van der Waals surface area contributed by atoms with Crippen LogP contribution >= 0.6 is 0 Å². The Bertz CT molecular complexity index is 980. The summed E-state index contributed by atoms with van der Waals surface area (Å²) in [4.78, 5) is 24.2. The fraction of sp³-hybridized carbons (Fsp3) is 0.217. The number of nitrogens with one attached hydrogen (secondary N) is 2. The topological polar surface area (TPSA) is 87.7 Å². The molecule has 0 aliphatic rings. The highest BCUT2D eigenvalue weighted by Crippen LogP contribution is 2.19. The average molecular weight is 392 g/mol. The van der Waals surface area contributed by atoms with E-state index in [1.54, 1.807) is 31.4 Å². The Kier molecular flexibility index (Phi) is 6.81. The molecular weight excluding hydrogens is 368 g/mol. The van der Waals surface area contributed by atoms with Crippen molar-refractivity contribution < 1.29 is 19.4 Å². The molecule has 3 rings (SSSR count). The minimum absolute atomic E-state index is 0.0599. The van der Waals surface area contributed by atoms with E-state index < -0.39 is 6.10 Å². The zero-order valence-electron chi connectivity index (χ0n) is 16.2. The van der Waals surface area contributed by atoms with Gasteiger partial charge >= 0.3 is 0 Å². The molecule has 3 aromatic carbocycles. The molecule has 0 aliphatic heterocycles. The fourth-order valence-electron chi connectivity index (χ4n) is 3.08. The molecule has 6 nitrogen and oxygen atoms in total. The molecule has 0 heterocycles. The van der Waals surface area contributed by atoms with Gasteiger partial charge in [-0.2, -0.15) is 0 Å². The second-order valence-electron chi connectivity index (χ2n) is 6.68. The van der Waals surface area contributed by atoms with Gasteiger partial charge in [0.05, 0.1) is 26.2 Å². The van der Waals surface area contributed by atoms with Crippen LogP contribution in [0.25, 0.3) is 10.8 Å². The molecule has 3 N–H and O–H groups in total. The molecule has 0 spiro atoms. The van der Waals surface area contributed by atoms with Crippen LogP contribution < -0.4 is 15.4 Å². The summed E-state index contributed by atoms with van der Waals surface area (Å²) < 4.78 is 5.08. The molecule has 0 saturated carbocycles. The lowest BCUT2D eigenvalue weighted by Gasteiger charge is -2.13. The lowest BCUT2D eigenvalue weighted by atomic mass is 10.0. The van der Waals surface area contributed by atoms with E-state index in [4.69, 9.17) is 4.74 Å². The van der Waals surface area contributed by atoms with E-state index in [-0.39, 0.29) is 31.3 Å². The van der Waals surface area contributed by atoms with E-state index in [0.717, 1.165) is 16.3 Å². The van der Waals surface area contributed by atoms with Crippen LogP contribution in [0.4, 0.5) is 0 Å². The molecule has 0 saturated heterocycles. The van der Waals surface area contributed by atoms with Crippen molar-refractivity contribution in [1.29, 1.82) is 0 Å². The maximum atomic E-state index is 12.2. The van der Waals surface area contributed by atoms with Gasteiger partial charge < -0.3 is 20.5 Å². The Balaban J connectivity index is 1.45. The average Bonchev–Trinajstić information content (AvgIpc) is 2.76. The number of carbonyl (C=O) groups is 2. The number of benzene rings is 3. The molecule has 0 aromatic heterocycles. The number of aliphatic hydroxyl groups is 1. The van der Waals surface area contributed by atoms with Gasteiger partial charge in [0.2, 0.25) is 11.8 Å². The normalized spacial score (nSPS) is 11.7. The van der Waals surface area contributed by atoms with Crippen LogP contribution in [-0.2, 0) is 16.0 Å². The molecule has 150 valence electrons. The van der Waals surface area contributed by atoms with Crippen molar-refractivity contribution in [2.45, 2.75) is 12.5 Å². The molecule has 0 fully saturated rings. The van der Waals surface area contributed by atoms with E-state index in [2.05, 4.69) is 10.6 Å². The van der Waals surface area contributed by atoms with Crippen LogP contribution in [0.3, 0.4) is 0 Å². The van der Waals surface area contributed by atoms with Crippen LogP contribution in [-0.4, -0.2) is 37.1 Å². The number of aliphatic hydroxyl groups excluding tert-OH is 1. The molecule has 1 unspecified atom stereocenters. The second-order valence-corrected chi connectivity index (χ2v) is 6.68. The lowest BCUT2D eigenvalue weighted by molar-refractivity contribution is -0.125. The van der Waals surface area contributed by atoms with E-state index in [1.165, 1.54) is 0 Å². The number of hydrogen-bond acceptors (Lipinski definition) is 4. The van der Waals surface area contributed by atoms with Gasteiger partial charge in [-0.3, -0.25) is 9.59 Å². The first-order valence-corrected chi connectivity index (χ1v) is 9.39. The summed E-state index contributed by atoms with van der Waals surface area (Å²) in [5.41, 5.74) is 1.59. The van der Waals surface area contributed by atoms with Gasteiger partial charge in [-0.05, 0) is 34.0 Å². The van der Waals surface area contributed by atoms with Gasteiger partial charge in [0.25, 0.3) is 0 Å². The quantitative estimate of drug-likeness (QED) is 0.549. The minimum Gasteiger partial charge on any atom is -0.497 e. The first-order chi connectivity index (χ1) is 14.1. The Hall–Kier alpha value is -3.38. The van der Waals surface area contributed by atoms with Gasteiger partial charge in [0.15, 0.2) is 0 Å². The van der Waals surface area contributed by atoms with E-state index >= 15 is 0 Å². The smallest absolute Gasteiger partial charge is 0.239 e. The summed E-state index contributed by atoms with van der Waals surface area (Å²) in [5.74, 6) is 0.106. The van der Waals surface area contributed by atoms with Crippen LogP contribution in [0.15, 0.2) is 66.7 Å². The lowest BCUT2D eigenvalue weighted by Crippen LogP contribution is -2.39. The summed E-state index contributed by atoms with van der Waals surface area (Å²) in [6.07, 6.45) is -0.639. The number of methoxy groups -OCH3 is 1. The molecule has 6 heteroatoms. The van der Waals surface area contributed by atoms with Crippen molar-refractivity contribution in [2.24, 2.45) is 0 Å². The number of rotatable bonds is 8. The predicted molar refractivity (Wildman–Crippen MR) is 112 cm³/mol. The highest BCUT2D eigenvalue weighted by Gasteiger charge is 2.12. The molecular formula is C23H24N2O4. The summed E-state index contributed by atoms with van der Waals surface area (Å²) in [5, 5.41) is 17.5. The first kappa shape index (κ1) is 20.4. The number of carbonyl (C=O) groups excluding carboxylic acids is 2. The maximum absolute atomic E-state index is 12.2. The van der Waals surface area contributed by atoms with Gasteiger partial charge in [-0.25, -0.2) is 0 Å². The number of hydrogen-bond donors (Lipinski definition) is 3. The molecule has 0 bridgehead atoms. The maximum Gasteiger partial charge on any atom is 0.239 e. The Morgan fingerprint density at radius 1 is 0.931 bits per heavy atom. The van der Waals surface area contributed by atoms with Crippen LogP contribution in [0.5, 0.6) is 5.75 Å². The predicted octanol–water partition coefficient (Wildman–Crippen LogP) is 2.36. The molecule has 29 heavy (non-hydrogen) atoms. The third-order valence-electron chi connectivity index (χ3n) is 4.67. The van der Waals surface area contributed by atoms with Crippen molar-refractivity contribution in [2.75, 3.05) is 20.2 Å². The standard InChI is InChI=1S/C23H24N2O4/c1-29-19-11-9-17(10-12-19)21(26)14-24-23(28)15-25-22(27)13-18-7-4-6-16-5-2-3-8-20(16)18/h2-12,21,26H,13-15H2,1H3,(H,24,28)(H,25,27). The Labute approximate surface area is 169 Å². The van der Waals surface area contributed by atoms with Crippen LogP contribution in [0.1, 0.15) is 17.2 Å². The van der Waals surface area contributed by atoms with Gasteiger partial charge in [-0.15, -0.1) is 0 Å². The Morgan fingerprint density at radius 2 is 1.66 bits per heavy atom. The molecule has 1 atom stereocenters. The minimum atomic E-state index is -0.837. The molecule has 0 radical (unpaired) electrons. The third kappa shape index (κ3) is 5.56. The highest BCUT2D eigenvalue weighted by atomic mass is 16.5. The zero-order chi connectivity index (χ0) is 20.6. The van der Waals surface area contributed by atoms with Crippen molar-refractivity contribution in [3.05, 3.63) is 77.9 Å². The fourth-order valence-corrected chi connectivity index (χ4v) is 3.08. The number of amides is 2. The second kappa shape index (κ2) is 9.71. The van der Waals surface area contributed by atoms with Crippen molar-refractivity contribution >= 4 is 22.6 Å². The molecule has 3 aromatic rings. The SMILES string of the molecule is COc1ccc(C(O)CNC(=O)CNC(=O)Cc2cccc3ccccc23)cc1. The summed E-state index contributed by atoms with van der Waals surface area (Å²) in [7, 11) is 1.57. The van der Waals surface area contributed by atoms with E-state index in [0.29, 0.717) is 11.3 Å². The number of ether oxygens (including phenoxy) is 1. The monoisotopic (exact) mass is 392 g/mol. The summed E-state index contributed by atoms with van der Waals surface area (Å²) in [6.45, 7) is -0.0801. The summed E-state index contributed by atoms with van der Waals surface area (Å²) >= 11 is 0. The van der Waals surface area contributed by atoms with Gasteiger partial charge in [0, 0.05) is 6.54 Å². The van der Waals surface area contributed by atoms with E-state index in [1.807, 2.05) is 42.5 Å². The first-order valence-electron chi connectivity index (χ1n) is 9.39. The zero-order valence-corrected chi connectivity index (χ0v) is 16.2. The third-order valence-corrected chi connectivity index (χ3v) is 4.67. The van der Waals surface area contributed by atoms with Crippen LogP contribution in [0.2, 0.25) is 0 Å². The largest absolute Gasteiger partial charge is 0.497 e. The summed E-state index contributed by atoms with van der Waals surface area (Å²) in [6, 6.07) is 20.7. The van der Waals surface area contributed by atoms with Crippen molar-refractivity contribution in [3.8, 4) is 5.75 Å². The van der Waals surface area contributed by atoms with Crippen molar-refractivity contribution in [1.82, 2.24) is 10.6 Å². The molecule has 2 amide bonds. The van der Waals surface area contributed by atoms with Crippen molar-refractivity contribution in [3.63, 3.8) is 0 Å². The highest BCUT2D eigenvalue weighted by molar-refractivity contribution is 5.91. The van der Waals surface area contributed by atoms with Gasteiger partial charge in [-0.1, -0.05) is 54.6 Å². The Morgan fingerprint density at radius 3 is 2.41 bits per heavy atom. The van der Waals surface area contributed by atoms with Crippen LogP contribution in [0, 0.1) is 0 Å². The molecule has 0 aliphatic carbocycles. The van der Waals surface area contributed by atoms with Gasteiger partial charge in [0.1, 0.15) is 5.75 Å².